The van der Waals surface area contributed by atoms with Gasteiger partial charge in [0.05, 0.1) is 0 Å². The summed E-state index contributed by atoms with van der Waals surface area (Å²) < 4.78 is 5.33. The molecule has 0 aliphatic rings. The van der Waals surface area contributed by atoms with E-state index in [0.717, 1.165) is 6.42 Å². The van der Waals surface area contributed by atoms with Crippen LogP contribution in [0.25, 0.3) is 0 Å². The van der Waals surface area contributed by atoms with E-state index in [4.69, 9.17) is 4.74 Å². The van der Waals surface area contributed by atoms with Gasteiger partial charge in [0.25, 0.3) is 0 Å². The van der Waals surface area contributed by atoms with Crippen LogP contribution in [0.1, 0.15) is 48.0 Å². The lowest BCUT2D eigenvalue weighted by Crippen LogP contribution is -2.32. The topological polar surface area (TPSA) is 26.3 Å². The Morgan fingerprint density at radius 3 is 2.07 bits per heavy atom. The highest BCUT2D eigenvalue weighted by atomic mass is 16.6. The molecule has 0 aromatic carbocycles. The van der Waals surface area contributed by atoms with E-state index in [1.807, 2.05) is 13.8 Å². The molecule has 2 nitrogen and oxygen atoms in total. The van der Waals surface area contributed by atoms with Crippen molar-refractivity contribution in [1.82, 2.24) is 0 Å². The third-order valence-electron chi connectivity index (χ3n) is 1.64. The van der Waals surface area contributed by atoms with Gasteiger partial charge in [-0.3, -0.25) is 0 Å². The lowest BCUT2D eigenvalue weighted by Gasteiger charge is -2.31. The summed E-state index contributed by atoms with van der Waals surface area (Å²) in [6.07, 6.45) is 3.99. The van der Waals surface area contributed by atoms with Crippen LogP contribution < -0.4 is 0 Å². The van der Waals surface area contributed by atoms with Gasteiger partial charge in [-0.05, 0) is 32.6 Å². The minimum absolute atomic E-state index is 0.166. The van der Waals surface area contributed by atoms with Crippen LogP contribution in [0.3, 0.4) is 0 Å². The first-order valence-corrected chi connectivity index (χ1v) is 5.02. The third kappa shape index (κ3) is 6.70. The van der Waals surface area contributed by atoms with E-state index in [2.05, 4.69) is 20.8 Å². The average molecular weight is 198 g/mol. The summed E-state index contributed by atoms with van der Waals surface area (Å²) in [6.45, 7) is 12.1. The molecule has 0 rings (SSSR count). The van der Waals surface area contributed by atoms with Crippen LogP contribution in [0.2, 0.25) is 0 Å². The number of esters is 1. The maximum absolute atomic E-state index is 11.2. The monoisotopic (exact) mass is 198 g/mol. The minimum Gasteiger partial charge on any atom is -0.456 e. The second-order valence-corrected chi connectivity index (χ2v) is 5.42. The van der Waals surface area contributed by atoms with Gasteiger partial charge in [-0.1, -0.05) is 26.8 Å². The Kier molecular flexibility index (Phi) is 4.37. The minimum atomic E-state index is -0.394. The van der Waals surface area contributed by atoms with Crippen molar-refractivity contribution in [1.29, 1.82) is 0 Å². The van der Waals surface area contributed by atoms with Crippen molar-refractivity contribution in [2.45, 2.75) is 53.6 Å². The largest absolute Gasteiger partial charge is 0.456 e. The predicted molar refractivity (Wildman–Crippen MR) is 59.1 cm³/mol. The molecule has 0 spiro atoms. The molecule has 0 fully saturated rings. The highest BCUT2D eigenvalue weighted by Gasteiger charge is 2.28. The molecule has 0 aromatic heterocycles. The van der Waals surface area contributed by atoms with Crippen molar-refractivity contribution in [3.8, 4) is 0 Å². The molecule has 0 saturated heterocycles. The fraction of sp³-hybridized carbons (Fsp3) is 0.750. The van der Waals surface area contributed by atoms with E-state index in [1.165, 1.54) is 6.08 Å². The van der Waals surface area contributed by atoms with Crippen LogP contribution in [0, 0.1) is 5.41 Å². The second-order valence-electron chi connectivity index (χ2n) is 5.42. The van der Waals surface area contributed by atoms with Crippen molar-refractivity contribution >= 4 is 5.97 Å². The second kappa shape index (κ2) is 4.63. The Labute approximate surface area is 87.3 Å². The van der Waals surface area contributed by atoms with Crippen molar-refractivity contribution in [3.63, 3.8) is 0 Å². The molecule has 0 amide bonds. The molecule has 2 heteroatoms. The summed E-state index contributed by atoms with van der Waals surface area (Å²) in [4.78, 5) is 11.2. The van der Waals surface area contributed by atoms with Crippen LogP contribution in [0.4, 0.5) is 0 Å². The van der Waals surface area contributed by atoms with Crippen LogP contribution in [0.15, 0.2) is 12.2 Å². The predicted octanol–water partition coefficient (Wildman–Crippen LogP) is 3.32. The highest BCUT2D eigenvalue weighted by molar-refractivity contribution is 5.82. The lowest BCUT2D eigenvalue weighted by molar-refractivity contribution is -0.152. The van der Waals surface area contributed by atoms with Gasteiger partial charge in [0, 0.05) is 6.08 Å². The molecule has 0 atom stereocenters. The zero-order valence-electron chi connectivity index (χ0n) is 10.2. The van der Waals surface area contributed by atoms with Gasteiger partial charge in [-0.2, -0.15) is 0 Å². The molecule has 0 unspecified atom stereocenters. The standard InChI is InChI=1S/C12H22O2/c1-7-8-10(13)14-12(5,6)9-11(2,3)4/h7-8H,9H2,1-6H3. The van der Waals surface area contributed by atoms with Crippen molar-refractivity contribution in [2.75, 3.05) is 0 Å². The van der Waals surface area contributed by atoms with E-state index in [0.29, 0.717) is 0 Å². The molecule has 0 radical (unpaired) electrons. The van der Waals surface area contributed by atoms with E-state index < -0.39 is 5.60 Å². The number of carbonyl (C=O) groups is 1. The van der Waals surface area contributed by atoms with Crippen LogP contribution >= 0.6 is 0 Å². The Morgan fingerprint density at radius 1 is 1.21 bits per heavy atom. The molecule has 0 aromatic rings. The number of rotatable bonds is 3. The SMILES string of the molecule is CC=CC(=O)OC(C)(C)CC(C)(C)C. The van der Waals surface area contributed by atoms with Gasteiger partial charge in [0.15, 0.2) is 0 Å². The van der Waals surface area contributed by atoms with E-state index in [1.54, 1.807) is 13.0 Å². The van der Waals surface area contributed by atoms with Gasteiger partial charge in [-0.25, -0.2) is 4.79 Å². The smallest absolute Gasteiger partial charge is 0.330 e. The summed E-state index contributed by atoms with van der Waals surface area (Å²) in [5, 5.41) is 0. The zero-order chi connectivity index (χ0) is 11.4. The number of carbonyl (C=O) groups excluding carboxylic acids is 1. The molecule has 0 saturated carbocycles. The molecule has 0 N–H and O–H groups in total. The lowest BCUT2D eigenvalue weighted by atomic mass is 9.84. The quantitative estimate of drug-likeness (QED) is 0.513. The summed E-state index contributed by atoms with van der Waals surface area (Å²) in [6, 6.07) is 0. The molecular weight excluding hydrogens is 176 g/mol. The van der Waals surface area contributed by atoms with Gasteiger partial charge in [0.1, 0.15) is 5.60 Å². The normalized spacial score (nSPS) is 13.3. The summed E-state index contributed by atoms with van der Waals surface area (Å²) >= 11 is 0. The molecule has 0 aliphatic heterocycles. The Hall–Kier alpha value is -0.790. The molecule has 0 aliphatic carbocycles. The molecule has 0 heterocycles. The number of hydrogen-bond acceptors (Lipinski definition) is 2. The first-order chi connectivity index (χ1) is 6.16. The van der Waals surface area contributed by atoms with Gasteiger partial charge < -0.3 is 4.74 Å². The maximum atomic E-state index is 11.2. The number of ether oxygens (including phenoxy) is 1. The van der Waals surface area contributed by atoms with Crippen LogP contribution in [-0.2, 0) is 9.53 Å². The third-order valence-corrected chi connectivity index (χ3v) is 1.64. The number of allylic oxidation sites excluding steroid dienone is 1. The Balaban J connectivity index is 4.27. The first-order valence-electron chi connectivity index (χ1n) is 5.02. The summed E-state index contributed by atoms with van der Waals surface area (Å²) in [5.74, 6) is -0.262. The first kappa shape index (κ1) is 13.2. The fourth-order valence-corrected chi connectivity index (χ4v) is 1.76. The zero-order valence-corrected chi connectivity index (χ0v) is 10.2. The molecule has 14 heavy (non-hydrogen) atoms. The highest BCUT2D eigenvalue weighted by Crippen LogP contribution is 2.29. The average Bonchev–Trinajstić information content (AvgIpc) is 1.78. The van der Waals surface area contributed by atoms with E-state index in [9.17, 15) is 4.79 Å². The van der Waals surface area contributed by atoms with Gasteiger partial charge in [0.2, 0.25) is 0 Å². The molecule has 82 valence electrons. The maximum Gasteiger partial charge on any atom is 0.330 e. The van der Waals surface area contributed by atoms with Gasteiger partial charge >= 0.3 is 5.97 Å². The van der Waals surface area contributed by atoms with Crippen molar-refractivity contribution < 1.29 is 9.53 Å². The molecular formula is C12H22O2. The molecule has 0 bridgehead atoms. The summed E-state index contributed by atoms with van der Waals surface area (Å²) in [7, 11) is 0. The van der Waals surface area contributed by atoms with Gasteiger partial charge in [-0.15, -0.1) is 0 Å². The van der Waals surface area contributed by atoms with Crippen molar-refractivity contribution in [3.05, 3.63) is 12.2 Å². The Morgan fingerprint density at radius 2 is 1.71 bits per heavy atom. The fourth-order valence-electron chi connectivity index (χ4n) is 1.76. The van der Waals surface area contributed by atoms with E-state index in [-0.39, 0.29) is 11.4 Å². The summed E-state index contributed by atoms with van der Waals surface area (Å²) in [5.41, 5.74) is -0.228. The Bertz CT molecular complexity index is 219. The van der Waals surface area contributed by atoms with E-state index >= 15 is 0 Å². The van der Waals surface area contributed by atoms with Crippen molar-refractivity contribution in [2.24, 2.45) is 5.41 Å². The number of hydrogen-bond donors (Lipinski definition) is 0. The van der Waals surface area contributed by atoms with Crippen LogP contribution in [-0.4, -0.2) is 11.6 Å². The van der Waals surface area contributed by atoms with Crippen LogP contribution in [0.5, 0.6) is 0 Å².